The number of halogens is 1. The molecule has 1 heterocycles. The molecule has 0 aliphatic carbocycles. The lowest BCUT2D eigenvalue weighted by Gasteiger charge is -2.08. The number of benzene rings is 1. The minimum Gasteiger partial charge on any atom is -0.478 e. The summed E-state index contributed by atoms with van der Waals surface area (Å²) in [5, 5.41) is 23.5. The molecule has 1 amide bonds. The highest BCUT2D eigenvalue weighted by molar-refractivity contribution is 6.33. The van der Waals surface area contributed by atoms with Crippen LogP contribution in [0.3, 0.4) is 0 Å². The largest absolute Gasteiger partial charge is 0.478 e. The van der Waals surface area contributed by atoms with Crippen LogP contribution in [-0.2, 0) is 0 Å². The van der Waals surface area contributed by atoms with Gasteiger partial charge >= 0.3 is 5.97 Å². The Morgan fingerprint density at radius 1 is 1.43 bits per heavy atom. The van der Waals surface area contributed by atoms with E-state index in [4.69, 9.17) is 22.4 Å². The maximum atomic E-state index is 11.2. The standard InChI is InChI=1S/C11H7ClN4O5/c12-8-2-6(16(20)21)1-7(11(18)19)9(8)15-4-5(3-14-15)10(13)17/h1-4H,(H2,13,17)(H,18,19). The summed E-state index contributed by atoms with van der Waals surface area (Å²) in [6.45, 7) is 0. The van der Waals surface area contributed by atoms with Crippen LogP contribution in [0.15, 0.2) is 24.5 Å². The van der Waals surface area contributed by atoms with Crippen molar-refractivity contribution in [1.82, 2.24) is 9.78 Å². The summed E-state index contributed by atoms with van der Waals surface area (Å²) in [6, 6.07) is 1.85. The summed E-state index contributed by atoms with van der Waals surface area (Å²) in [5.74, 6) is -2.18. The maximum absolute atomic E-state index is 11.2. The number of non-ortho nitro benzene ring substituents is 1. The highest BCUT2D eigenvalue weighted by Gasteiger charge is 2.22. The third-order valence-electron chi connectivity index (χ3n) is 2.59. The van der Waals surface area contributed by atoms with Gasteiger partial charge in [0.1, 0.15) is 0 Å². The number of aromatic nitrogens is 2. The zero-order chi connectivity index (χ0) is 15.7. The van der Waals surface area contributed by atoms with Gasteiger partial charge < -0.3 is 10.8 Å². The fourth-order valence-corrected chi connectivity index (χ4v) is 1.96. The van der Waals surface area contributed by atoms with Crippen molar-refractivity contribution in [2.45, 2.75) is 0 Å². The van der Waals surface area contributed by atoms with Crippen molar-refractivity contribution < 1.29 is 19.6 Å². The van der Waals surface area contributed by atoms with Gasteiger partial charge in [-0.05, 0) is 0 Å². The zero-order valence-corrected chi connectivity index (χ0v) is 10.9. The van der Waals surface area contributed by atoms with Crippen molar-refractivity contribution >= 4 is 29.2 Å². The minimum atomic E-state index is -1.42. The van der Waals surface area contributed by atoms with Crippen LogP contribution < -0.4 is 5.73 Å². The number of carbonyl (C=O) groups is 2. The third kappa shape index (κ3) is 2.67. The van der Waals surface area contributed by atoms with Crippen LogP contribution in [-0.4, -0.2) is 31.7 Å². The number of nitrogens with zero attached hydrogens (tertiary/aromatic N) is 3. The van der Waals surface area contributed by atoms with Gasteiger partial charge in [0.15, 0.2) is 0 Å². The molecule has 2 rings (SSSR count). The van der Waals surface area contributed by atoms with Crippen molar-refractivity contribution in [3.05, 3.63) is 50.8 Å². The van der Waals surface area contributed by atoms with E-state index in [1.807, 2.05) is 0 Å². The fourth-order valence-electron chi connectivity index (χ4n) is 1.66. The Balaban J connectivity index is 2.69. The Bertz CT molecular complexity index is 770. The van der Waals surface area contributed by atoms with Gasteiger partial charge in [-0.2, -0.15) is 5.10 Å². The lowest BCUT2D eigenvalue weighted by Crippen LogP contribution is -2.10. The number of aromatic carboxylic acids is 1. The van der Waals surface area contributed by atoms with Gasteiger partial charge in [-0.15, -0.1) is 0 Å². The second-order valence-electron chi connectivity index (χ2n) is 3.92. The van der Waals surface area contributed by atoms with E-state index in [2.05, 4.69) is 5.10 Å². The molecule has 10 heteroatoms. The van der Waals surface area contributed by atoms with Crippen LogP contribution >= 0.6 is 11.6 Å². The second kappa shape index (κ2) is 5.21. The van der Waals surface area contributed by atoms with Gasteiger partial charge in [0.2, 0.25) is 0 Å². The van der Waals surface area contributed by atoms with Crippen LogP contribution in [0.1, 0.15) is 20.7 Å². The number of primary amides is 1. The minimum absolute atomic E-state index is 0.0424. The molecule has 2 aromatic rings. The highest BCUT2D eigenvalue weighted by atomic mass is 35.5. The number of nitro groups is 1. The Hall–Kier alpha value is -2.94. The predicted molar refractivity (Wildman–Crippen MR) is 70.7 cm³/mol. The van der Waals surface area contributed by atoms with Crippen molar-refractivity contribution in [3.8, 4) is 5.69 Å². The first-order valence-corrected chi connectivity index (χ1v) is 5.75. The average Bonchev–Trinajstić information content (AvgIpc) is 2.86. The topological polar surface area (TPSA) is 141 Å². The Kier molecular flexibility index (Phi) is 3.59. The summed E-state index contributed by atoms with van der Waals surface area (Å²) in [5.41, 5.74) is 4.13. The third-order valence-corrected chi connectivity index (χ3v) is 2.87. The zero-order valence-electron chi connectivity index (χ0n) is 10.2. The molecule has 0 aliphatic heterocycles. The van der Waals surface area contributed by atoms with E-state index in [9.17, 15) is 19.7 Å². The van der Waals surface area contributed by atoms with E-state index < -0.39 is 28.1 Å². The number of nitro benzene ring substituents is 1. The lowest BCUT2D eigenvalue weighted by atomic mass is 10.1. The first-order chi connectivity index (χ1) is 9.81. The molecule has 108 valence electrons. The molecule has 0 spiro atoms. The normalized spacial score (nSPS) is 10.3. The molecule has 0 radical (unpaired) electrons. The number of carboxylic acid groups (broad SMARTS) is 1. The van der Waals surface area contributed by atoms with Crippen LogP contribution in [0.2, 0.25) is 5.02 Å². The van der Waals surface area contributed by atoms with E-state index in [1.165, 1.54) is 6.20 Å². The van der Waals surface area contributed by atoms with E-state index >= 15 is 0 Å². The first-order valence-electron chi connectivity index (χ1n) is 5.37. The number of hydrogen-bond donors (Lipinski definition) is 2. The molecule has 0 fully saturated rings. The number of hydrogen-bond acceptors (Lipinski definition) is 5. The summed E-state index contributed by atoms with van der Waals surface area (Å²) in [4.78, 5) is 32.2. The summed E-state index contributed by atoms with van der Waals surface area (Å²) in [7, 11) is 0. The van der Waals surface area contributed by atoms with Crippen molar-refractivity contribution in [1.29, 1.82) is 0 Å². The van der Waals surface area contributed by atoms with Gasteiger partial charge in [-0.3, -0.25) is 14.9 Å². The van der Waals surface area contributed by atoms with Gasteiger partial charge in [0, 0.05) is 18.3 Å². The summed E-state index contributed by atoms with van der Waals surface area (Å²) >= 11 is 5.90. The number of nitrogens with two attached hydrogens (primary N) is 1. The van der Waals surface area contributed by atoms with Crippen molar-refractivity contribution in [2.24, 2.45) is 5.73 Å². The van der Waals surface area contributed by atoms with Gasteiger partial charge in [0.25, 0.3) is 11.6 Å². The highest BCUT2D eigenvalue weighted by Crippen LogP contribution is 2.29. The number of carbonyl (C=O) groups excluding carboxylic acids is 1. The summed E-state index contributed by atoms with van der Waals surface area (Å²) in [6.07, 6.45) is 2.31. The van der Waals surface area contributed by atoms with E-state index in [1.54, 1.807) is 0 Å². The molecule has 1 aromatic carbocycles. The van der Waals surface area contributed by atoms with Crippen molar-refractivity contribution in [2.75, 3.05) is 0 Å². The monoisotopic (exact) mass is 310 g/mol. The van der Waals surface area contributed by atoms with Crippen LogP contribution in [0.4, 0.5) is 5.69 Å². The predicted octanol–water partition coefficient (Wildman–Crippen LogP) is 1.23. The maximum Gasteiger partial charge on any atom is 0.338 e. The van der Waals surface area contributed by atoms with E-state index in [0.29, 0.717) is 0 Å². The second-order valence-corrected chi connectivity index (χ2v) is 4.33. The van der Waals surface area contributed by atoms with Crippen molar-refractivity contribution in [3.63, 3.8) is 0 Å². The van der Waals surface area contributed by atoms with Crippen LogP contribution in [0.25, 0.3) is 5.69 Å². The molecule has 21 heavy (non-hydrogen) atoms. The van der Waals surface area contributed by atoms with Gasteiger partial charge in [-0.1, -0.05) is 11.6 Å². The lowest BCUT2D eigenvalue weighted by molar-refractivity contribution is -0.384. The van der Waals surface area contributed by atoms with Gasteiger partial charge in [0.05, 0.1) is 33.0 Å². The molecule has 1 aromatic heterocycles. The average molecular weight is 311 g/mol. The molecular weight excluding hydrogens is 304 g/mol. The molecule has 0 unspecified atom stereocenters. The number of rotatable bonds is 4. The molecule has 0 bridgehead atoms. The van der Waals surface area contributed by atoms with E-state index in [-0.39, 0.29) is 16.3 Å². The molecule has 0 aliphatic rings. The molecule has 9 nitrogen and oxygen atoms in total. The fraction of sp³-hybridized carbons (Fsp3) is 0. The molecule has 0 saturated carbocycles. The number of carboxylic acids is 1. The first kappa shape index (κ1) is 14.5. The van der Waals surface area contributed by atoms with Gasteiger partial charge in [-0.25, -0.2) is 9.48 Å². The SMILES string of the molecule is NC(=O)c1cnn(-c2c(Cl)cc([N+](=O)[O-])cc2C(=O)O)c1. The Morgan fingerprint density at radius 2 is 2.10 bits per heavy atom. The molecule has 0 atom stereocenters. The van der Waals surface area contributed by atoms with Crippen LogP contribution in [0, 0.1) is 10.1 Å². The number of amides is 1. The van der Waals surface area contributed by atoms with E-state index in [0.717, 1.165) is 23.0 Å². The summed E-state index contributed by atoms with van der Waals surface area (Å²) < 4.78 is 1.02. The smallest absolute Gasteiger partial charge is 0.338 e. The van der Waals surface area contributed by atoms with Crippen LogP contribution in [0.5, 0.6) is 0 Å². The molecule has 0 saturated heterocycles. The molecule has 3 N–H and O–H groups in total. The molecular formula is C11H7ClN4O5. The quantitative estimate of drug-likeness (QED) is 0.642. The Labute approximate surface area is 121 Å². The Morgan fingerprint density at radius 3 is 2.57 bits per heavy atom.